The van der Waals surface area contributed by atoms with Crippen molar-refractivity contribution in [3.63, 3.8) is 0 Å². The summed E-state index contributed by atoms with van der Waals surface area (Å²) in [7, 11) is 0. The maximum Gasteiger partial charge on any atom is 0.307 e. The minimum Gasteiger partial charge on any atom is -0.490 e. The van der Waals surface area contributed by atoms with E-state index in [1.807, 2.05) is 39.0 Å². The van der Waals surface area contributed by atoms with Gasteiger partial charge in [0, 0.05) is 23.7 Å². The number of aromatic nitrogens is 2. The normalized spacial score (nSPS) is 14.6. The summed E-state index contributed by atoms with van der Waals surface area (Å²) >= 11 is 0. The van der Waals surface area contributed by atoms with E-state index in [-0.39, 0.29) is 18.1 Å². The quantitative estimate of drug-likeness (QED) is 0.462. The number of nitrogens with one attached hydrogen (secondary N) is 1. The average molecular weight is 461 g/mol. The first-order valence-corrected chi connectivity index (χ1v) is 11.6. The molecule has 0 saturated heterocycles. The molecule has 0 saturated carbocycles. The minimum atomic E-state index is -0.190. The van der Waals surface area contributed by atoms with Crippen LogP contribution < -0.4 is 10.1 Å². The van der Waals surface area contributed by atoms with Gasteiger partial charge in [-0.15, -0.1) is 0 Å². The van der Waals surface area contributed by atoms with E-state index >= 15 is 0 Å². The monoisotopic (exact) mass is 460 g/mol. The Kier molecular flexibility index (Phi) is 7.24. The van der Waals surface area contributed by atoms with Gasteiger partial charge in [0.25, 0.3) is 5.89 Å². The van der Waals surface area contributed by atoms with Crippen molar-refractivity contribution in [2.24, 2.45) is 0 Å². The Bertz CT molecular complexity index is 1210. The van der Waals surface area contributed by atoms with Crippen LogP contribution >= 0.6 is 0 Å². The molecule has 1 heterocycles. The van der Waals surface area contributed by atoms with Crippen LogP contribution in [0.1, 0.15) is 56.3 Å². The van der Waals surface area contributed by atoms with Crippen molar-refractivity contribution in [3.05, 3.63) is 53.1 Å². The lowest BCUT2D eigenvalue weighted by Gasteiger charge is -2.14. The molecular formula is C26H28N4O4. The first-order valence-electron chi connectivity index (χ1n) is 11.6. The van der Waals surface area contributed by atoms with Crippen molar-refractivity contribution in [3.8, 4) is 34.7 Å². The van der Waals surface area contributed by atoms with Gasteiger partial charge in [-0.05, 0) is 62.9 Å². The number of carbonyl (C=O) groups is 1. The fourth-order valence-corrected chi connectivity index (χ4v) is 4.21. The molecule has 1 aromatic heterocycles. The zero-order valence-corrected chi connectivity index (χ0v) is 19.6. The Morgan fingerprint density at radius 2 is 2.18 bits per heavy atom. The summed E-state index contributed by atoms with van der Waals surface area (Å²) in [6, 6.07) is 13.7. The molecule has 1 unspecified atom stereocenters. The third-order valence-corrected chi connectivity index (χ3v) is 5.67. The minimum absolute atomic E-state index is 0.0309. The van der Waals surface area contributed by atoms with Crippen LogP contribution in [0.2, 0.25) is 0 Å². The molecule has 4 rings (SSSR count). The van der Waals surface area contributed by atoms with Crippen LogP contribution in [0, 0.1) is 11.3 Å². The van der Waals surface area contributed by atoms with Gasteiger partial charge in [-0.3, -0.25) is 4.79 Å². The molecule has 0 spiro atoms. The smallest absolute Gasteiger partial charge is 0.307 e. The number of rotatable bonds is 9. The SMILES string of the molecule is CCOC(=O)CCNC1CCc2c(-c3noc(-c4ccc(OC(C)C)c(C#N)c4)n3)cccc21. The van der Waals surface area contributed by atoms with Crippen molar-refractivity contribution in [1.29, 1.82) is 5.26 Å². The number of benzene rings is 2. The Labute approximate surface area is 198 Å². The topological polar surface area (TPSA) is 110 Å². The summed E-state index contributed by atoms with van der Waals surface area (Å²) in [6.45, 7) is 6.60. The molecule has 34 heavy (non-hydrogen) atoms. The summed E-state index contributed by atoms with van der Waals surface area (Å²) in [5.41, 5.74) is 4.39. The number of fused-ring (bicyclic) bond motifs is 1. The van der Waals surface area contributed by atoms with Crippen LogP contribution in [0.3, 0.4) is 0 Å². The molecule has 0 fully saturated rings. The molecule has 1 N–H and O–H groups in total. The molecule has 8 nitrogen and oxygen atoms in total. The van der Waals surface area contributed by atoms with Crippen LogP contribution in [0.4, 0.5) is 0 Å². The molecular weight excluding hydrogens is 432 g/mol. The molecule has 8 heteroatoms. The van der Waals surface area contributed by atoms with E-state index in [1.165, 1.54) is 11.1 Å². The van der Waals surface area contributed by atoms with Gasteiger partial charge in [0.15, 0.2) is 0 Å². The molecule has 1 aliphatic carbocycles. The van der Waals surface area contributed by atoms with E-state index < -0.39 is 0 Å². The first-order chi connectivity index (χ1) is 16.5. The highest BCUT2D eigenvalue weighted by atomic mass is 16.5. The molecule has 0 bridgehead atoms. The van der Waals surface area contributed by atoms with E-state index in [9.17, 15) is 10.1 Å². The highest BCUT2D eigenvalue weighted by Gasteiger charge is 2.26. The zero-order valence-electron chi connectivity index (χ0n) is 19.6. The van der Waals surface area contributed by atoms with Crippen LogP contribution in [-0.4, -0.2) is 35.4 Å². The van der Waals surface area contributed by atoms with E-state index in [0.29, 0.717) is 48.2 Å². The standard InChI is InChI=1S/C26H28N4O4/c1-4-32-24(31)12-13-28-22-10-9-19-20(22)6-5-7-21(19)25-29-26(34-30-25)17-8-11-23(33-16(2)3)18(14-17)15-27/h5-8,11,14,16,22,28H,4,9-10,12-13H2,1-3H3. The molecule has 2 aromatic carbocycles. The number of esters is 1. The number of nitriles is 1. The average Bonchev–Trinajstić information content (AvgIpc) is 3.47. The molecule has 1 aliphatic rings. The van der Waals surface area contributed by atoms with Gasteiger partial charge in [0.05, 0.1) is 24.7 Å². The van der Waals surface area contributed by atoms with Gasteiger partial charge in [-0.25, -0.2) is 0 Å². The number of carbonyl (C=O) groups excluding carboxylic acids is 1. The molecule has 3 aromatic rings. The van der Waals surface area contributed by atoms with E-state index in [2.05, 4.69) is 27.6 Å². The maximum absolute atomic E-state index is 11.6. The molecule has 0 radical (unpaired) electrons. The predicted molar refractivity (Wildman–Crippen MR) is 126 cm³/mol. The van der Waals surface area contributed by atoms with E-state index in [0.717, 1.165) is 18.4 Å². The number of ether oxygens (including phenoxy) is 2. The fraction of sp³-hybridized carbons (Fsp3) is 0.385. The second-order valence-electron chi connectivity index (χ2n) is 8.39. The summed E-state index contributed by atoms with van der Waals surface area (Å²) in [5, 5.41) is 17.2. The summed E-state index contributed by atoms with van der Waals surface area (Å²) < 4.78 is 16.2. The molecule has 0 amide bonds. The summed E-state index contributed by atoms with van der Waals surface area (Å²) in [6.07, 6.45) is 2.13. The van der Waals surface area contributed by atoms with Gasteiger partial charge in [-0.2, -0.15) is 10.2 Å². The Hall–Kier alpha value is -3.70. The third kappa shape index (κ3) is 5.10. The lowest BCUT2D eigenvalue weighted by atomic mass is 10.0. The van der Waals surface area contributed by atoms with Crippen LogP contribution in [0.5, 0.6) is 5.75 Å². The zero-order chi connectivity index (χ0) is 24.1. The molecule has 1 atom stereocenters. The largest absolute Gasteiger partial charge is 0.490 e. The summed E-state index contributed by atoms with van der Waals surface area (Å²) in [4.78, 5) is 16.2. The molecule has 0 aliphatic heterocycles. The third-order valence-electron chi connectivity index (χ3n) is 5.67. The van der Waals surface area contributed by atoms with Crippen LogP contribution in [0.15, 0.2) is 40.9 Å². The highest BCUT2D eigenvalue weighted by Crippen LogP contribution is 2.37. The Balaban J connectivity index is 1.52. The number of hydrogen-bond acceptors (Lipinski definition) is 8. The number of hydrogen-bond donors (Lipinski definition) is 1. The summed E-state index contributed by atoms with van der Waals surface area (Å²) in [5.74, 6) is 1.20. The van der Waals surface area contributed by atoms with Gasteiger partial charge in [0.2, 0.25) is 5.82 Å². The van der Waals surface area contributed by atoms with Gasteiger partial charge < -0.3 is 19.3 Å². The van der Waals surface area contributed by atoms with Crippen molar-refractivity contribution in [2.45, 2.75) is 52.2 Å². The van der Waals surface area contributed by atoms with Crippen molar-refractivity contribution in [2.75, 3.05) is 13.2 Å². The first kappa shape index (κ1) is 23.5. The molecule has 176 valence electrons. The van der Waals surface area contributed by atoms with Gasteiger partial charge in [0.1, 0.15) is 11.8 Å². The van der Waals surface area contributed by atoms with Crippen molar-refractivity contribution in [1.82, 2.24) is 15.5 Å². The Morgan fingerprint density at radius 3 is 2.94 bits per heavy atom. The predicted octanol–water partition coefficient (Wildman–Crippen LogP) is 4.59. The second kappa shape index (κ2) is 10.5. The van der Waals surface area contributed by atoms with E-state index in [4.69, 9.17) is 14.0 Å². The fourth-order valence-electron chi connectivity index (χ4n) is 4.21. The van der Waals surface area contributed by atoms with Gasteiger partial charge in [-0.1, -0.05) is 23.4 Å². The van der Waals surface area contributed by atoms with Crippen molar-refractivity contribution < 1.29 is 18.8 Å². The maximum atomic E-state index is 11.6. The lowest BCUT2D eigenvalue weighted by Crippen LogP contribution is -2.23. The van der Waals surface area contributed by atoms with Crippen LogP contribution in [-0.2, 0) is 16.0 Å². The highest BCUT2D eigenvalue weighted by molar-refractivity contribution is 5.69. The van der Waals surface area contributed by atoms with Gasteiger partial charge >= 0.3 is 5.97 Å². The van der Waals surface area contributed by atoms with E-state index in [1.54, 1.807) is 12.1 Å². The number of nitrogens with zero attached hydrogens (tertiary/aromatic N) is 3. The van der Waals surface area contributed by atoms with Crippen molar-refractivity contribution >= 4 is 5.97 Å². The lowest BCUT2D eigenvalue weighted by molar-refractivity contribution is -0.143. The second-order valence-corrected chi connectivity index (χ2v) is 8.39. The van der Waals surface area contributed by atoms with Crippen LogP contribution in [0.25, 0.3) is 22.8 Å². The Morgan fingerprint density at radius 1 is 1.32 bits per heavy atom.